The van der Waals surface area contributed by atoms with Crippen molar-refractivity contribution in [3.8, 4) is 23.0 Å². The van der Waals surface area contributed by atoms with Crippen LogP contribution in [-0.4, -0.2) is 26.3 Å². The second kappa shape index (κ2) is 5.55. The monoisotopic (exact) mass is 248 g/mol. The molecular formula is C13H16N2O3. The Morgan fingerprint density at radius 1 is 1.28 bits per heavy atom. The average Bonchev–Trinajstić information content (AvgIpc) is 2.87. The molecule has 0 aliphatic rings. The summed E-state index contributed by atoms with van der Waals surface area (Å²) in [4.78, 5) is 4.38. The van der Waals surface area contributed by atoms with Gasteiger partial charge < -0.3 is 19.2 Å². The van der Waals surface area contributed by atoms with Gasteiger partial charge in [0.25, 0.3) is 0 Å². The highest BCUT2D eigenvalue weighted by Crippen LogP contribution is 2.32. The summed E-state index contributed by atoms with van der Waals surface area (Å²) in [5.74, 6) is 1.95. The van der Waals surface area contributed by atoms with Gasteiger partial charge in [-0.05, 0) is 19.2 Å². The van der Waals surface area contributed by atoms with E-state index >= 15 is 0 Å². The van der Waals surface area contributed by atoms with Crippen LogP contribution in [0.5, 0.6) is 11.5 Å². The Morgan fingerprint density at radius 2 is 2.11 bits per heavy atom. The second-order valence-corrected chi connectivity index (χ2v) is 3.74. The van der Waals surface area contributed by atoms with Gasteiger partial charge in [0.1, 0.15) is 17.8 Å². The zero-order valence-electron chi connectivity index (χ0n) is 10.7. The van der Waals surface area contributed by atoms with Gasteiger partial charge in [-0.1, -0.05) is 0 Å². The van der Waals surface area contributed by atoms with Crippen LogP contribution in [-0.2, 0) is 6.54 Å². The maximum Gasteiger partial charge on any atom is 0.229 e. The van der Waals surface area contributed by atoms with E-state index in [1.165, 1.54) is 0 Å². The Morgan fingerprint density at radius 3 is 2.78 bits per heavy atom. The molecule has 18 heavy (non-hydrogen) atoms. The maximum atomic E-state index is 5.45. The minimum Gasteiger partial charge on any atom is -0.497 e. The first kappa shape index (κ1) is 12.4. The second-order valence-electron chi connectivity index (χ2n) is 3.74. The van der Waals surface area contributed by atoms with Crippen LogP contribution >= 0.6 is 0 Å². The number of oxazole rings is 1. The van der Waals surface area contributed by atoms with Gasteiger partial charge in [-0.25, -0.2) is 4.98 Å². The minimum absolute atomic E-state index is 0.541. The highest BCUT2D eigenvalue weighted by atomic mass is 16.5. The third kappa shape index (κ3) is 2.46. The van der Waals surface area contributed by atoms with Gasteiger partial charge in [-0.15, -0.1) is 0 Å². The van der Waals surface area contributed by atoms with E-state index in [1.807, 2.05) is 19.2 Å². The molecule has 0 saturated heterocycles. The number of hydrogen-bond acceptors (Lipinski definition) is 5. The molecule has 1 N–H and O–H groups in total. The molecule has 2 aromatic rings. The molecule has 5 heteroatoms. The lowest BCUT2D eigenvalue weighted by molar-refractivity contribution is 0.394. The smallest absolute Gasteiger partial charge is 0.229 e. The van der Waals surface area contributed by atoms with Crippen LogP contribution in [0.1, 0.15) is 5.69 Å². The lowest BCUT2D eigenvalue weighted by atomic mass is 10.2. The first-order chi connectivity index (χ1) is 8.78. The highest BCUT2D eigenvalue weighted by molar-refractivity contribution is 5.64. The number of hydrogen-bond donors (Lipinski definition) is 1. The van der Waals surface area contributed by atoms with Gasteiger partial charge in [0.05, 0.1) is 25.5 Å². The Bertz CT molecular complexity index is 523. The molecule has 0 bridgehead atoms. The van der Waals surface area contributed by atoms with Crippen LogP contribution in [0.4, 0.5) is 0 Å². The first-order valence-corrected chi connectivity index (χ1v) is 5.60. The van der Waals surface area contributed by atoms with Crippen LogP contribution in [0, 0.1) is 0 Å². The Balaban J connectivity index is 2.36. The number of nitrogens with one attached hydrogen (secondary N) is 1. The number of ether oxygens (including phenoxy) is 2. The summed E-state index contributed by atoms with van der Waals surface area (Å²) in [7, 11) is 5.09. The topological polar surface area (TPSA) is 56.5 Å². The number of nitrogens with zero attached hydrogens (tertiary/aromatic N) is 1. The molecule has 2 rings (SSSR count). The predicted octanol–water partition coefficient (Wildman–Crippen LogP) is 2.08. The maximum absolute atomic E-state index is 5.45. The molecule has 0 amide bonds. The molecule has 0 saturated carbocycles. The fraction of sp³-hybridized carbons (Fsp3) is 0.308. The summed E-state index contributed by atoms with van der Waals surface area (Å²) in [6.07, 6.45) is 1.63. The quantitative estimate of drug-likeness (QED) is 0.878. The number of methoxy groups -OCH3 is 2. The molecular weight excluding hydrogens is 232 g/mol. The molecule has 5 nitrogen and oxygen atoms in total. The zero-order chi connectivity index (χ0) is 13.0. The van der Waals surface area contributed by atoms with E-state index in [9.17, 15) is 0 Å². The Hall–Kier alpha value is -2.01. The van der Waals surface area contributed by atoms with Crippen molar-refractivity contribution in [3.05, 3.63) is 30.2 Å². The van der Waals surface area contributed by atoms with E-state index < -0.39 is 0 Å². The van der Waals surface area contributed by atoms with Crippen molar-refractivity contribution < 1.29 is 13.9 Å². The van der Waals surface area contributed by atoms with Gasteiger partial charge in [-0.3, -0.25) is 0 Å². The molecule has 0 radical (unpaired) electrons. The van der Waals surface area contributed by atoms with E-state index in [1.54, 1.807) is 26.5 Å². The van der Waals surface area contributed by atoms with E-state index in [0.29, 0.717) is 18.2 Å². The van der Waals surface area contributed by atoms with Gasteiger partial charge in [0.15, 0.2) is 0 Å². The lowest BCUT2D eigenvalue weighted by Gasteiger charge is -2.07. The summed E-state index contributed by atoms with van der Waals surface area (Å²) in [6.45, 7) is 0.669. The SMILES string of the molecule is CNCc1coc(-c2ccc(OC)cc2OC)n1. The van der Waals surface area contributed by atoms with Gasteiger partial charge >= 0.3 is 0 Å². The lowest BCUT2D eigenvalue weighted by Crippen LogP contribution is -2.04. The summed E-state index contributed by atoms with van der Waals surface area (Å²) >= 11 is 0. The van der Waals surface area contributed by atoms with Gasteiger partial charge in [-0.2, -0.15) is 0 Å². The summed E-state index contributed by atoms with van der Waals surface area (Å²) < 4.78 is 15.9. The Labute approximate surface area is 106 Å². The fourth-order valence-corrected chi connectivity index (χ4v) is 1.67. The van der Waals surface area contributed by atoms with Crippen molar-refractivity contribution in [2.75, 3.05) is 21.3 Å². The molecule has 0 aliphatic heterocycles. The standard InChI is InChI=1S/C13H16N2O3/c1-14-7-9-8-18-13(15-9)11-5-4-10(16-2)6-12(11)17-3/h4-6,8,14H,7H2,1-3H3. The zero-order valence-corrected chi connectivity index (χ0v) is 10.7. The predicted molar refractivity (Wildman–Crippen MR) is 67.8 cm³/mol. The van der Waals surface area contributed by atoms with Crippen molar-refractivity contribution in [2.45, 2.75) is 6.54 Å². The van der Waals surface area contributed by atoms with E-state index in [-0.39, 0.29) is 0 Å². The number of aromatic nitrogens is 1. The normalized spacial score (nSPS) is 10.4. The highest BCUT2D eigenvalue weighted by Gasteiger charge is 2.12. The summed E-state index contributed by atoms with van der Waals surface area (Å²) in [6, 6.07) is 5.52. The number of benzene rings is 1. The third-order valence-electron chi connectivity index (χ3n) is 2.55. The van der Waals surface area contributed by atoms with Crippen LogP contribution in [0.15, 0.2) is 28.9 Å². The van der Waals surface area contributed by atoms with Crippen LogP contribution < -0.4 is 14.8 Å². The van der Waals surface area contributed by atoms with E-state index in [0.717, 1.165) is 17.0 Å². The van der Waals surface area contributed by atoms with Crippen molar-refractivity contribution in [1.82, 2.24) is 10.3 Å². The van der Waals surface area contributed by atoms with Crippen molar-refractivity contribution >= 4 is 0 Å². The average molecular weight is 248 g/mol. The molecule has 0 aliphatic carbocycles. The Kier molecular flexibility index (Phi) is 3.84. The van der Waals surface area contributed by atoms with Crippen molar-refractivity contribution in [2.24, 2.45) is 0 Å². The number of rotatable bonds is 5. The van der Waals surface area contributed by atoms with Gasteiger partial charge in [0.2, 0.25) is 5.89 Å². The van der Waals surface area contributed by atoms with E-state index in [4.69, 9.17) is 13.9 Å². The van der Waals surface area contributed by atoms with Crippen molar-refractivity contribution in [3.63, 3.8) is 0 Å². The molecule has 1 aromatic heterocycles. The summed E-state index contributed by atoms with van der Waals surface area (Å²) in [5, 5.41) is 3.02. The van der Waals surface area contributed by atoms with Crippen LogP contribution in [0.3, 0.4) is 0 Å². The molecule has 0 fully saturated rings. The molecule has 0 unspecified atom stereocenters. The molecule has 1 heterocycles. The molecule has 0 atom stereocenters. The minimum atomic E-state index is 0.541. The third-order valence-corrected chi connectivity index (χ3v) is 2.55. The van der Waals surface area contributed by atoms with Crippen LogP contribution in [0.25, 0.3) is 11.5 Å². The fourth-order valence-electron chi connectivity index (χ4n) is 1.67. The van der Waals surface area contributed by atoms with Gasteiger partial charge in [0, 0.05) is 12.6 Å². The molecule has 0 spiro atoms. The molecule has 1 aromatic carbocycles. The van der Waals surface area contributed by atoms with Crippen LogP contribution in [0.2, 0.25) is 0 Å². The van der Waals surface area contributed by atoms with E-state index in [2.05, 4.69) is 10.3 Å². The summed E-state index contributed by atoms with van der Waals surface area (Å²) in [5.41, 5.74) is 1.66. The molecule has 96 valence electrons. The first-order valence-electron chi connectivity index (χ1n) is 5.60. The largest absolute Gasteiger partial charge is 0.497 e. The van der Waals surface area contributed by atoms with Crippen molar-refractivity contribution in [1.29, 1.82) is 0 Å².